The van der Waals surface area contributed by atoms with Gasteiger partial charge in [0.05, 0.1) is 5.69 Å². The molecular weight excluding hydrogens is 330 g/mol. The zero-order chi connectivity index (χ0) is 14.8. The first-order valence-corrected chi connectivity index (χ1v) is 7.78. The molecule has 0 unspecified atom stereocenters. The van der Waals surface area contributed by atoms with Crippen LogP contribution in [-0.4, -0.2) is 10.8 Å². The largest absolute Gasteiger partial charge is 0.487 e. The van der Waals surface area contributed by atoms with E-state index < -0.39 is 0 Å². The summed E-state index contributed by atoms with van der Waals surface area (Å²) in [6, 6.07) is 8.00. The molecule has 1 heterocycles. The number of aromatic nitrogens is 1. The van der Waals surface area contributed by atoms with Crippen molar-refractivity contribution in [3.8, 4) is 5.75 Å². The standard InChI is InChI=1S/C17H16BrNO2/c1-11-2-4-14(19-9-11)10-21-17-7-13(18)6-12-3-5-15(20)8-16(12)17/h2,4,6-7,9H,3,5,8,10H2,1H3. The van der Waals surface area contributed by atoms with Crippen molar-refractivity contribution in [3.05, 3.63) is 57.3 Å². The molecule has 3 rings (SSSR count). The third-order valence-electron chi connectivity index (χ3n) is 3.66. The van der Waals surface area contributed by atoms with Gasteiger partial charge in [0.1, 0.15) is 18.1 Å². The Hall–Kier alpha value is -1.68. The summed E-state index contributed by atoms with van der Waals surface area (Å²) < 4.78 is 6.90. The second kappa shape index (κ2) is 5.98. The van der Waals surface area contributed by atoms with Gasteiger partial charge in [-0.25, -0.2) is 0 Å². The number of benzene rings is 1. The highest BCUT2D eigenvalue weighted by atomic mass is 79.9. The van der Waals surface area contributed by atoms with Gasteiger partial charge in [0.15, 0.2) is 0 Å². The van der Waals surface area contributed by atoms with Gasteiger partial charge in [-0.15, -0.1) is 0 Å². The lowest BCUT2D eigenvalue weighted by molar-refractivity contribution is -0.118. The molecule has 0 saturated heterocycles. The number of halogens is 1. The maximum atomic E-state index is 11.7. The second-order valence-corrected chi connectivity index (χ2v) is 6.29. The second-order valence-electron chi connectivity index (χ2n) is 5.37. The van der Waals surface area contributed by atoms with Crippen molar-refractivity contribution in [2.24, 2.45) is 0 Å². The van der Waals surface area contributed by atoms with Crippen LogP contribution in [0.25, 0.3) is 0 Å². The highest BCUT2D eigenvalue weighted by Gasteiger charge is 2.20. The van der Waals surface area contributed by atoms with E-state index in [0.717, 1.165) is 33.5 Å². The Morgan fingerprint density at radius 2 is 2.14 bits per heavy atom. The van der Waals surface area contributed by atoms with E-state index in [0.29, 0.717) is 19.4 Å². The molecular formula is C17H16BrNO2. The molecule has 2 aromatic rings. The van der Waals surface area contributed by atoms with Crippen LogP contribution in [0.1, 0.15) is 28.8 Å². The molecule has 0 spiro atoms. The summed E-state index contributed by atoms with van der Waals surface area (Å²) >= 11 is 3.51. The summed E-state index contributed by atoms with van der Waals surface area (Å²) in [5, 5.41) is 0. The Kier molecular flexibility index (Phi) is 4.06. The maximum absolute atomic E-state index is 11.7. The third-order valence-corrected chi connectivity index (χ3v) is 4.12. The number of carbonyl (C=O) groups excluding carboxylic acids is 1. The molecule has 0 fully saturated rings. The van der Waals surface area contributed by atoms with Crippen LogP contribution < -0.4 is 4.74 Å². The highest BCUT2D eigenvalue weighted by Crippen LogP contribution is 2.32. The Morgan fingerprint density at radius 1 is 1.29 bits per heavy atom. The summed E-state index contributed by atoms with van der Waals surface area (Å²) in [5.41, 5.74) is 4.25. The van der Waals surface area contributed by atoms with E-state index in [4.69, 9.17) is 4.74 Å². The van der Waals surface area contributed by atoms with Crippen LogP contribution in [0, 0.1) is 6.92 Å². The molecule has 0 bridgehead atoms. The number of hydrogen-bond donors (Lipinski definition) is 0. The number of ketones is 1. The number of aryl methyl sites for hydroxylation is 2. The number of ether oxygens (including phenoxy) is 1. The van der Waals surface area contributed by atoms with Gasteiger partial charge in [-0.3, -0.25) is 9.78 Å². The summed E-state index contributed by atoms with van der Waals surface area (Å²) in [5.74, 6) is 1.07. The first kappa shape index (κ1) is 14.3. The van der Waals surface area contributed by atoms with Crippen molar-refractivity contribution in [1.29, 1.82) is 0 Å². The van der Waals surface area contributed by atoms with Crippen LogP contribution in [0.4, 0.5) is 0 Å². The van der Waals surface area contributed by atoms with Gasteiger partial charge in [-0.1, -0.05) is 22.0 Å². The summed E-state index contributed by atoms with van der Waals surface area (Å²) in [6.07, 6.45) is 3.73. The molecule has 0 atom stereocenters. The molecule has 1 aromatic carbocycles. The van der Waals surface area contributed by atoms with Crippen molar-refractivity contribution in [3.63, 3.8) is 0 Å². The predicted molar refractivity (Wildman–Crippen MR) is 84.5 cm³/mol. The molecule has 1 aromatic heterocycles. The molecule has 108 valence electrons. The van der Waals surface area contributed by atoms with E-state index in [1.54, 1.807) is 0 Å². The quantitative estimate of drug-likeness (QED) is 0.849. The molecule has 0 radical (unpaired) electrons. The Balaban J connectivity index is 1.83. The van der Waals surface area contributed by atoms with Gasteiger partial charge < -0.3 is 4.74 Å². The van der Waals surface area contributed by atoms with Crippen LogP contribution in [0.5, 0.6) is 5.75 Å². The van der Waals surface area contributed by atoms with Gasteiger partial charge in [0.25, 0.3) is 0 Å². The zero-order valence-electron chi connectivity index (χ0n) is 11.9. The number of nitrogens with zero attached hydrogens (tertiary/aromatic N) is 1. The molecule has 0 N–H and O–H groups in total. The first-order valence-electron chi connectivity index (χ1n) is 6.99. The lowest BCUT2D eigenvalue weighted by Gasteiger charge is -2.19. The van der Waals surface area contributed by atoms with Crippen molar-refractivity contribution in [2.75, 3.05) is 0 Å². The van der Waals surface area contributed by atoms with Gasteiger partial charge >= 0.3 is 0 Å². The van der Waals surface area contributed by atoms with Crippen LogP contribution in [0.3, 0.4) is 0 Å². The van der Waals surface area contributed by atoms with E-state index in [9.17, 15) is 4.79 Å². The third kappa shape index (κ3) is 3.32. The molecule has 21 heavy (non-hydrogen) atoms. The molecule has 0 aliphatic heterocycles. The highest BCUT2D eigenvalue weighted by molar-refractivity contribution is 9.10. The average molecular weight is 346 g/mol. The van der Waals surface area contributed by atoms with Crippen LogP contribution in [0.15, 0.2) is 34.9 Å². The SMILES string of the molecule is Cc1ccc(COc2cc(Br)cc3c2CC(=O)CC3)nc1. The van der Waals surface area contributed by atoms with E-state index in [1.165, 1.54) is 5.56 Å². The number of fused-ring (bicyclic) bond motifs is 1. The number of Topliss-reactive ketones (excluding diaryl/α,β-unsaturated/α-hetero) is 1. The van der Waals surface area contributed by atoms with Gasteiger partial charge in [0.2, 0.25) is 0 Å². The first-order chi connectivity index (χ1) is 10.1. The lowest BCUT2D eigenvalue weighted by atomic mass is 9.90. The molecule has 1 aliphatic rings. The Morgan fingerprint density at radius 3 is 2.90 bits per heavy atom. The Bertz CT molecular complexity index is 680. The van der Waals surface area contributed by atoms with Gasteiger partial charge in [-0.2, -0.15) is 0 Å². The molecule has 0 amide bonds. The monoisotopic (exact) mass is 345 g/mol. The molecule has 3 nitrogen and oxygen atoms in total. The van der Waals surface area contributed by atoms with Crippen LogP contribution in [-0.2, 0) is 24.2 Å². The summed E-state index contributed by atoms with van der Waals surface area (Å²) in [4.78, 5) is 16.0. The zero-order valence-corrected chi connectivity index (χ0v) is 13.4. The minimum Gasteiger partial charge on any atom is -0.487 e. The fraction of sp³-hybridized carbons (Fsp3) is 0.294. The topological polar surface area (TPSA) is 39.2 Å². The minimum absolute atomic E-state index is 0.281. The van der Waals surface area contributed by atoms with E-state index in [1.807, 2.05) is 31.3 Å². The van der Waals surface area contributed by atoms with Crippen LogP contribution in [0.2, 0.25) is 0 Å². The molecule has 0 saturated carbocycles. The average Bonchev–Trinajstić information content (AvgIpc) is 2.47. The van der Waals surface area contributed by atoms with Gasteiger partial charge in [-0.05, 0) is 42.7 Å². The predicted octanol–water partition coefficient (Wildman–Crippen LogP) is 3.79. The van der Waals surface area contributed by atoms with Crippen molar-refractivity contribution >= 4 is 21.7 Å². The number of pyridine rings is 1. The molecule has 1 aliphatic carbocycles. The van der Waals surface area contributed by atoms with E-state index in [2.05, 4.69) is 27.0 Å². The summed E-state index contributed by atoms with van der Waals surface area (Å²) in [6.45, 7) is 2.42. The maximum Gasteiger partial charge on any atom is 0.137 e. The van der Waals surface area contributed by atoms with E-state index >= 15 is 0 Å². The minimum atomic E-state index is 0.281. The van der Waals surface area contributed by atoms with Gasteiger partial charge in [0, 0.05) is 29.1 Å². The number of hydrogen-bond acceptors (Lipinski definition) is 3. The fourth-order valence-electron chi connectivity index (χ4n) is 2.51. The number of rotatable bonds is 3. The smallest absolute Gasteiger partial charge is 0.137 e. The number of carbonyl (C=O) groups is 1. The summed E-state index contributed by atoms with van der Waals surface area (Å²) in [7, 11) is 0. The fourth-order valence-corrected chi connectivity index (χ4v) is 3.00. The van der Waals surface area contributed by atoms with Crippen molar-refractivity contribution in [2.45, 2.75) is 32.8 Å². The van der Waals surface area contributed by atoms with Crippen molar-refractivity contribution < 1.29 is 9.53 Å². The van der Waals surface area contributed by atoms with Crippen molar-refractivity contribution in [1.82, 2.24) is 4.98 Å². The Labute approximate surface area is 132 Å². The lowest BCUT2D eigenvalue weighted by Crippen LogP contribution is -2.15. The molecule has 4 heteroatoms. The normalized spacial score (nSPS) is 13.9. The van der Waals surface area contributed by atoms with Crippen LogP contribution >= 0.6 is 15.9 Å². The van der Waals surface area contributed by atoms with E-state index in [-0.39, 0.29) is 5.78 Å².